The SMILES string of the molecule is CCCOc1ccc(Cl)cc1C(=O)NCC(C)CN. The smallest absolute Gasteiger partial charge is 0.255 e. The van der Waals surface area contributed by atoms with Crippen LogP contribution in [0, 0.1) is 5.92 Å². The summed E-state index contributed by atoms with van der Waals surface area (Å²) in [7, 11) is 0. The summed E-state index contributed by atoms with van der Waals surface area (Å²) in [5.41, 5.74) is 5.98. The summed E-state index contributed by atoms with van der Waals surface area (Å²) in [6.45, 7) is 5.64. The van der Waals surface area contributed by atoms with Crippen LogP contribution in [0.15, 0.2) is 18.2 Å². The summed E-state index contributed by atoms with van der Waals surface area (Å²) in [5, 5.41) is 3.35. The predicted octanol–water partition coefficient (Wildman–Crippen LogP) is 2.45. The molecule has 5 heteroatoms. The number of hydrogen-bond acceptors (Lipinski definition) is 3. The number of benzene rings is 1. The second-order valence-electron chi connectivity index (χ2n) is 4.54. The van der Waals surface area contributed by atoms with Crippen molar-refractivity contribution in [1.29, 1.82) is 0 Å². The maximum atomic E-state index is 12.1. The van der Waals surface area contributed by atoms with Crippen LogP contribution in [0.25, 0.3) is 0 Å². The van der Waals surface area contributed by atoms with Gasteiger partial charge in [0, 0.05) is 11.6 Å². The molecule has 0 heterocycles. The van der Waals surface area contributed by atoms with Gasteiger partial charge >= 0.3 is 0 Å². The average molecular weight is 285 g/mol. The molecule has 0 aliphatic heterocycles. The van der Waals surface area contributed by atoms with Crippen LogP contribution >= 0.6 is 11.6 Å². The molecule has 0 fully saturated rings. The van der Waals surface area contributed by atoms with Crippen molar-refractivity contribution in [3.8, 4) is 5.75 Å². The first kappa shape index (κ1) is 15.8. The van der Waals surface area contributed by atoms with Gasteiger partial charge in [0.25, 0.3) is 5.91 Å². The minimum absolute atomic E-state index is 0.186. The molecule has 3 N–H and O–H groups in total. The zero-order valence-corrected chi connectivity index (χ0v) is 12.2. The maximum absolute atomic E-state index is 12.1. The third kappa shape index (κ3) is 5.09. The number of nitrogens with one attached hydrogen (secondary N) is 1. The minimum Gasteiger partial charge on any atom is -0.493 e. The topological polar surface area (TPSA) is 64.3 Å². The summed E-state index contributed by atoms with van der Waals surface area (Å²) in [6.07, 6.45) is 0.883. The molecule has 1 rings (SSSR count). The Morgan fingerprint density at radius 1 is 1.53 bits per heavy atom. The van der Waals surface area contributed by atoms with Gasteiger partial charge in [-0.3, -0.25) is 4.79 Å². The van der Waals surface area contributed by atoms with Gasteiger partial charge in [-0.05, 0) is 37.1 Å². The number of nitrogens with two attached hydrogens (primary N) is 1. The molecule has 0 aromatic heterocycles. The van der Waals surface area contributed by atoms with Crippen LogP contribution in [0.2, 0.25) is 5.02 Å². The zero-order chi connectivity index (χ0) is 14.3. The molecule has 0 bridgehead atoms. The van der Waals surface area contributed by atoms with Crippen molar-refractivity contribution in [2.24, 2.45) is 11.7 Å². The molecule has 1 amide bonds. The first-order chi connectivity index (χ1) is 9.08. The van der Waals surface area contributed by atoms with E-state index in [1.807, 2.05) is 13.8 Å². The average Bonchev–Trinajstić information content (AvgIpc) is 2.42. The minimum atomic E-state index is -0.186. The Kier molecular flexibility index (Phi) is 6.67. The second-order valence-corrected chi connectivity index (χ2v) is 4.98. The van der Waals surface area contributed by atoms with Gasteiger partial charge < -0.3 is 15.8 Å². The van der Waals surface area contributed by atoms with Gasteiger partial charge in [0.05, 0.1) is 12.2 Å². The van der Waals surface area contributed by atoms with Gasteiger partial charge in [0.15, 0.2) is 0 Å². The Balaban J connectivity index is 2.78. The molecule has 106 valence electrons. The lowest BCUT2D eigenvalue weighted by Crippen LogP contribution is -2.31. The van der Waals surface area contributed by atoms with Crippen molar-refractivity contribution < 1.29 is 9.53 Å². The van der Waals surface area contributed by atoms with Crippen molar-refractivity contribution >= 4 is 17.5 Å². The quantitative estimate of drug-likeness (QED) is 0.808. The van der Waals surface area contributed by atoms with E-state index in [0.29, 0.717) is 36.0 Å². The molecule has 0 saturated carbocycles. The van der Waals surface area contributed by atoms with E-state index >= 15 is 0 Å². The lowest BCUT2D eigenvalue weighted by atomic mass is 10.1. The van der Waals surface area contributed by atoms with Crippen molar-refractivity contribution in [1.82, 2.24) is 5.32 Å². The maximum Gasteiger partial charge on any atom is 0.255 e. The van der Waals surface area contributed by atoms with Crippen molar-refractivity contribution in [3.63, 3.8) is 0 Å². The second kappa shape index (κ2) is 8.02. The number of halogens is 1. The van der Waals surface area contributed by atoms with Gasteiger partial charge in [-0.2, -0.15) is 0 Å². The van der Waals surface area contributed by atoms with E-state index in [0.717, 1.165) is 6.42 Å². The monoisotopic (exact) mass is 284 g/mol. The normalized spacial score (nSPS) is 12.0. The summed E-state index contributed by atoms with van der Waals surface area (Å²) in [5.74, 6) is 0.612. The van der Waals surface area contributed by atoms with Gasteiger partial charge in [0.2, 0.25) is 0 Å². The molecule has 0 saturated heterocycles. The molecular formula is C14H21ClN2O2. The molecule has 4 nitrogen and oxygen atoms in total. The highest BCUT2D eigenvalue weighted by atomic mass is 35.5. The molecule has 0 aliphatic carbocycles. The molecule has 19 heavy (non-hydrogen) atoms. The van der Waals surface area contributed by atoms with E-state index in [-0.39, 0.29) is 11.8 Å². The highest BCUT2D eigenvalue weighted by Gasteiger charge is 2.13. The Hall–Kier alpha value is -1.26. The number of hydrogen-bond donors (Lipinski definition) is 2. The van der Waals surface area contributed by atoms with Crippen molar-refractivity contribution in [2.75, 3.05) is 19.7 Å². The van der Waals surface area contributed by atoms with Gasteiger partial charge in [-0.25, -0.2) is 0 Å². The molecular weight excluding hydrogens is 264 g/mol. The third-order valence-corrected chi connectivity index (χ3v) is 2.90. The Labute approximate surface area is 119 Å². The van der Waals surface area contributed by atoms with Gasteiger partial charge in [-0.1, -0.05) is 25.4 Å². The highest BCUT2D eigenvalue weighted by Crippen LogP contribution is 2.23. The van der Waals surface area contributed by atoms with E-state index < -0.39 is 0 Å². The number of carbonyl (C=O) groups is 1. The number of rotatable bonds is 7. The summed E-state index contributed by atoms with van der Waals surface area (Å²) in [4.78, 5) is 12.1. The molecule has 1 atom stereocenters. The van der Waals surface area contributed by atoms with Crippen molar-refractivity contribution in [3.05, 3.63) is 28.8 Å². The van der Waals surface area contributed by atoms with Crippen LogP contribution < -0.4 is 15.8 Å². The number of amides is 1. The fourth-order valence-corrected chi connectivity index (χ4v) is 1.64. The number of ether oxygens (including phenoxy) is 1. The van der Waals surface area contributed by atoms with Crippen LogP contribution in [-0.4, -0.2) is 25.6 Å². The Bertz CT molecular complexity index is 424. The van der Waals surface area contributed by atoms with E-state index in [9.17, 15) is 4.79 Å². The lowest BCUT2D eigenvalue weighted by Gasteiger charge is -2.13. The standard InChI is InChI=1S/C14H21ClN2O2/c1-3-6-19-13-5-4-11(15)7-12(13)14(18)17-9-10(2)8-16/h4-5,7,10H,3,6,8-9,16H2,1-2H3,(H,17,18). The Morgan fingerprint density at radius 2 is 2.26 bits per heavy atom. The summed E-state index contributed by atoms with van der Waals surface area (Å²) < 4.78 is 5.55. The van der Waals surface area contributed by atoms with Crippen LogP contribution in [0.5, 0.6) is 5.75 Å². The van der Waals surface area contributed by atoms with E-state index in [4.69, 9.17) is 22.1 Å². The summed E-state index contributed by atoms with van der Waals surface area (Å²) >= 11 is 5.93. The van der Waals surface area contributed by atoms with Crippen LogP contribution in [0.1, 0.15) is 30.6 Å². The third-order valence-electron chi connectivity index (χ3n) is 2.66. The zero-order valence-electron chi connectivity index (χ0n) is 11.4. The fourth-order valence-electron chi connectivity index (χ4n) is 1.46. The van der Waals surface area contributed by atoms with Gasteiger partial charge in [-0.15, -0.1) is 0 Å². The predicted molar refractivity (Wildman–Crippen MR) is 77.8 cm³/mol. The van der Waals surface area contributed by atoms with E-state index in [1.54, 1.807) is 18.2 Å². The van der Waals surface area contributed by atoms with Gasteiger partial charge in [0.1, 0.15) is 5.75 Å². The lowest BCUT2D eigenvalue weighted by molar-refractivity contribution is 0.0944. The first-order valence-electron chi connectivity index (χ1n) is 6.49. The number of carbonyl (C=O) groups excluding carboxylic acids is 1. The molecule has 0 aliphatic rings. The Morgan fingerprint density at radius 3 is 2.89 bits per heavy atom. The molecule has 0 spiro atoms. The highest BCUT2D eigenvalue weighted by molar-refractivity contribution is 6.31. The first-order valence-corrected chi connectivity index (χ1v) is 6.86. The largest absolute Gasteiger partial charge is 0.493 e. The molecule has 1 aromatic rings. The fraction of sp³-hybridized carbons (Fsp3) is 0.500. The van der Waals surface area contributed by atoms with Crippen molar-refractivity contribution in [2.45, 2.75) is 20.3 Å². The van der Waals surface area contributed by atoms with Crippen LogP contribution in [-0.2, 0) is 0 Å². The van der Waals surface area contributed by atoms with E-state index in [2.05, 4.69) is 5.32 Å². The molecule has 1 unspecified atom stereocenters. The van der Waals surface area contributed by atoms with Crippen LogP contribution in [0.4, 0.5) is 0 Å². The van der Waals surface area contributed by atoms with Crippen LogP contribution in [0.3, 0.4) is 0 Å². The summed E-state index contributed by atoms with van der Waals surface area (Å²) in [6, 6.07) is 5.06. The molecule has 1 aromatic carbocycles. The molecule has 0 radical (unpaired) electrons. The van der Waals surface area contributed by atoms with E-state index in [1.165, 1.54) is 0 Å².